The molecule has 0 aliphatic rings. The zero-order chi connectivity index (χ0) is 13.1. The third-order valence-corrected chi connectivity index (χ3v) is 2.90. The van der Waals surface area contributed by atoms with Crippen molar-refractivity contribution in [2.75, 3.05) is 13.6 Å². The molecule has 0 aromatic heterocycles. The first-order valence-electron chi connectivity index (χ1n) is 5.97. The van der Waals surface area contributed by atoms with Gasteiger partial charge in [-0.3, -0.25) is 0 Å². The summed E-state index contributed by atoms with van der Waals surface area (Å²) in [5.74, 6) is 0. The zero-order valence-electron chi connectivity index (χ0n) is 11.1. The average Bonchev–Trinajstić information content (AvgIpc) is 2.27. The fourth-order valence-corrected chi connectivity index (χ4v) is 1.72. The Balaban J connectivity index is 2.80. The van der Waals surface area contributed by atoms with Crippen molar-refractivity contribution in [1.29, 1.82) is 0 Å². The van der Waals surface area contributed by atoms with Crippen molar-refractivity contribution in [3.63, 3.8) is 0 Å². The second-order valence-corrected chi connectivity index (χ2v) is 5.44. The van der Waals surface area contributed by atoms with Crippen molar-refractivity contribution in [3.8, 4) is 0 Å². The number of aliphatic hydroxyl groups excluding tert-OH is 2. The summed E-state index contributed by atoms with van der Waals surface area (Å²) in [7, 11) is 1.75. The average molecular weight is 237 g/mol. The highest BCUT2D eigenvalue weighted by molar-refractivity contribution is 5.29. The third kappa shape index (κ3) is 3.80. The molecule has 1 aromatic rings. The maximum Gasteiger partial charge on any atom is 0.106 e. The smallest absolute Gasteiger partial charge is 0.106 e. The maximum absolute atomic E-state index is 9.92. The SMILES string of the molecule is CNCC(O)C(O)c1ccc(C(C)(C)C)cc1. The van der Waals surface area contributed by atoms with Crippen LogP contribution in [0.1, 0.15) is 38.0 Å². The summed E-state index contributed by atoms with van der Waals surface area (Å²) in [5.41, 5.74) is 2.07. The Morgan fingerprint density at radius 1 is 1.12 bits per heavy atom. The number of hydrogen-bond donors (Lipinski definition) is 3. The Kier molecular flexibility index (Phi) is 4.69. The van der Waals surface area contributed by atoms with Gasteiger partial charge in [0.15, 0.2) is 0 Å². The topological polar surface area (TPSA) is 52.5 Å². The number of benzene rings is 1. The molecule has 2 unspecified atom stereocenters. The number of aliphatic hydroxyl groups is 2. The largest absolute Gasteiger partial charge is 0.389 e. The van der Waals surface area contributed by atoms with Crippen LogP contribution in [0.5, 0.6) is 0 Å². The molecule has 0 heterocycles. The second-order valence-electron chi connectivity index (χ2n) is 5.44. The summed E-state index contributed by atoms with van der Waals surface area (Å²) in [6, 6.07) is 7.77. The Bertz CT molecular complexity index is 340. The summed E-state index contributed by atoms with van der Waals surface area (Å²) < 4.78 is 0. The van der Waals surface area contributed by atoms with Gasteiger partial charge in [0.05, 0.1) is 6.10 Å². The van der Waals surface area contributed by atoms with Crippen LogP contribution in [0.3, 0.4) is 0 Å². The Hall–Kier alpha value is -0.900. The van der Waals surface area contributed by atoms with E-state index in [-0.39, 0.29) is 5.41 Å². The minimum absolute atomic E-state index is 0.104. The molecule has 0 saturated carbocycles. The Morgan fingerprint density at radius 2 is 1.65 bits per heavy atom. The summed E-state index contributed by atoms with van der Waals surface area (Å²) in [5, 5.41) is 22.5. The molecule has 1 rings (SSSR count). The van der Waals surface area contributed by atoms with E-state index in [1.807, 2.05) is 24.3 Å². The van der Waals surface area contributed by atoms with E-state index in [1.54, 1.807) is 7.05 Å². The molecule has 0 fully saturated rings. The fraction of sp³-hybridized carbons (Fsp3) is 0.571. The normalized spacial score (nSPS) is 15.6. The van der Waals surface area contributed by atoms with Crippen LogP contribution in [0, 0.1) is 0 Å². The Labute approximate surface area is 103 Å². The summed E-state index contributed by atoms with van der Waals surface area (Å²) in [6.45, 7) is 6.82. The molecule has 0 aliphatic heterocycles. The van der Waals surface area contributed by atoms with Gasteiger partial charge in [0.25, 0.3) is 0 Å². The van der Waals surface area contributed by atoms with Crippen molar-refractivity contribution in [1.82, 2.24) is 5.32 Å². The maximum atomic E-state index is 9.92. The first-order chi connectivity index (χ1) is 7.86. The van der Waals surface area contributed by atoms with E-state index in [4.69, 9.17) is 0 Å². The van der Waals surface area contributed by atoms with Gasteiger partial charge in [0.1, 0.15) is 6.10 Å². The predicted molar refractivity (Wildman–Crippen MR) is 70.0 cm³/mol. The number of nitrogens with one attached hydrogen (secondary N) is 1. The van der Waals surface area contributed by atoms with E-state index in [2.05, 4.69) is 26.1 Å². The van der Waals surface area contributed by atoms with Gasteiger partial charge in [-0.1, -0.05) is 45.0 Å². The number of hydrogen-bond acceptors (Lipinski definition) is 3. The first-order valence-corrected chi connectivity index (χ1v) is 5.97. The van der Waals surface area contributed by atoms with E-state index in [9.17, 15) is 10.2 Å². The third-order valence-electron chi connectivity index (χ3n) is 2.90. The lowest BCUT2D eigenvalue weighted by Crippen LogP contribution is -2.29. The lowest BCUT2D eigenvalue weighted by molar-refractivity contribution is 0.0202. The highest BCUT2D eigenvalue weighted by Gasteiger charge is 2.19. The monoisotopic (exact) mass is 237 g/mol. The summed E-state index contributed by atoms with van der Waals surface area (Å²) in [6.07, 6.45) is -1.61. The minimum atomic E-state index is -0.837. The quantitative estimate of drug-likeness (QED) is 0.745. The van der Waals surface area contributed by atoms with E-state index >= 15 is 0 Å². The standard InChI is InChI=1S/C14H23NO2/c1-14(2,3)11-7-5-10(6-8-11)13(17)12(16)9-15-4/h5-8,12-13,15-17H,9H2,1-4H3. The van der Waals surface area contributed by atoms with Gasteiger partial charge in [-0.25, -0.2) is 0 Å². The number of rotatable bonds is 4. The molecule has 17 heavy (non-hydrogen) atoms. The van der Waals surface area contributed by atoms with Crippen LogP contribution in [0.4, 0.5) is 0 Å². The molecule has 3 N–H and O–H groups in total. The van der Waals surface area contributed by atoms with Crippen LogP contribution in [-0.2, 0) is 5.41 Å². The highest BCUT2D eigenvalue weighted by Crippen LogP contribution is 2.24. The van der Waals surface area contributed by atoms with Gasteiger partial charge in [0.2, 0.25) is 0 Å². The molecule has 96 valence electrons. The van der Waals surface area contributed by atoms with Gasteiger partial charge < -0.3 is 15.5 Å². The van der Waals surface area contributed by atoms with Crippen LogP contribution in [-0.4, -0.2) is 29.9 Å². The van der Waals surface area contributed by atoms with E-state index in [1.165, 1.54) is 5.56 Å². The lowest BCUT2D eigenvalue weighted by Gasteiger charge is -2.21. The fourth-order valence-electron chi connectivity index (χ4n) is 1.72. The van der Waals surface area contributed by atoms with Gasteiger partial charge in [-0.2, -0.15) is 0 Å². The second kappa shape index (κ2) is 5.63. The van der Waals surface area contributed by atoms with Gasteiger partial charge in [-0.15, -0.1) is 0 Å². The van der Waals surface area contributed by atoms with Gasteiger partial charge >= 0.3 is 0 Å². The molecular weight excluding hydrogens is 214 g/mol. The van der Waals surface area contributed by atoms with Gasteiger partial charge in [0, 0.05) is 6.54 Å². The molecule has 1 aromatic carbocycles. The molecule has 0 amide bonds. The zero-order valence-corrected chi connectivity index (χ0v) is 11.1. The summed E-state index contributed by atoms with van der Waals surface area (Å²) in [4.78, 5) is 0. The van der Waals surface area contributed by atoms with E-state index in [0.717, 1.165) is 5.56 Å². The molecule has 2 atom stereocenters. The van der Waals surface area contributed by atoms with Crippen molar-refractivity contribution in [2.24, 2.45) is 0 Å². The lowest BCUT2D eigenvalue weighted by atomic mass is 9.86. The van der Waals surface area contributed by atoms with E-state index in [0.29, 0.717) is 6.54 Å². The molecule has 0 bridgehead atoms. The molecule has 0 aliphatic carbocycles. The first kappa shape index (κ1) is 14.2. The minimum Gasteiger partial charge on any atom is -0.389 e. The Morgan fingerprint density at radius 3 is 2.06 bits per heavy atom. The van der Waals surface area contributed by atoms with Crippen molar-refractivity contribution in [2.45, 2.75) is 38.4 Å². The summed E-state index contributed by atoms with van der Waals surface area (Å²) >= 11 is 0. The van der Waals surface area contributed by atoms with Crippen LogP contribution in [0.15, 0.2) is 24.3 Å². The van der Waals surface area contributed by atoms with E-state index < -0.39 is 12.2 Å². The van der Waals surface area contributed by atoms with Crippen molar-refractivity contribution < 1.29 is 10.2 Å². The molecule has 3 nitrogen and oxygen atoms in total. The molecule has 0 radical (unpaired) electrons. The number of likely N-dealkylation sites (N-methyl/N-ethyl adjacent to an activating group) is 1. The van der Waals surface area contributed by atoms with Gasteiger partial charge in [-0.05, 0) is 23.6 Å². The molecule has 3 heteroatoms. The van der Waals surface area contributed by atoms with Crippen LogP contribution >= 0.6 is 0 Å². The van der Waals surface area contributed by atoms with Crippen LogP contribution in [0.2, 0.25) is 0 Å². The molecule has 0 saturated heterocycles. The molecular formula is C14H23NO2. The van der Waals surface area contributed by atoms with Crippen molar-refractivity contribution in [3.05, 3.63) is 35.4 Å². The van der Waals surface area contributed by atoms with Crippen molar-refractivity contribution >= 4 is 0 Å². The van der Waals surface area contributed by atoms with Crippen LogP contribution in [0.25, 0.3) is 0 Å². The highest BCUT2D eigenvalue weighted by atomic mass is 16.3. The molecule has 0 spiro atoms. The van der Waals surface area contributed by atoms with Crippen LogP contribution < -0.4 is 5.32 Å². The predicted octanol–water partition coefficient (Wildman–Crippen LogP) is 1.60.